The van der Waals surface area contributed by atoms with Crippen molar-refractivity contribution in [3.63, 3.8) is 0 Å². The first-order chi connectivity index (χ1) is 5.00. The molecule has 1 nitrogen and oxygen atoms in total. The second kappa shape index (κ2) is 4.42. The van der Waals surface area contributed by atoms with Gasteiger partial charge in [0.1, 0.15) is 0 Å². The van der Waals surface area contributed by atoms with Crippen LogP contribution < -0.4 is 5.73 Å². The Kier molecular flexibility index (Phi) is 4.24. The zero-order valence-corrected chi connectivity index (χ0v) is 8.39. The predicted molar refractivity (Wildman–Crippen MR) is 51.1 cm³/mol. The second-order valence-corrected chi connectivity index (χ2v) is 3.92. The molecule has 0 heterocycles. The van der Waals surface area contributed by atoms with E-state index in [9.17, 15) is 0 Å². The SMILES string of the molecule is C/C(=C/N)C(C(C)C)C(C)C. The molecule has 0 bridgehead atoms. The van der Waals surface area contributed by atoms with Crippen LogP contribution in [0.5, 0.6) is 0 Å². The molecule has 1 heteroatoms. The van der Waals surface area contributed by atoms with Gasteiger partial charge in [-0.15, -0.1) is 0 Å². The molecule has 0 saturated carbocycles. The standard InChI is InChI=1S/C10H21N/c1-7(2)10(8(3)4)9(5)6-11/h6-8,10H,11H2,1-5H3/b9-6-. The Balaban J connectivity index is 4.35. The first kappa shape index (κ1) is 10.5. The number of rotatable bonds is 3. The van der Waals surface area contributed by atoms with E-state index in [1.165, 1.54) is 5.57 Å². The van der Waals surface area contributed by atoms with E-state index < -0.39 is 0 Å². The molecule has 0 aromatic carbocycles. The van der Waals surface area contributed by atoms with E-state index in [0.717, 1.165) is 0 Å². The van der Waals surface area contributed by atoms with Gasteiger partial charge in [0.25, 0.3) is 0 Å². The molecule has 0 unspecified atom stereocenters. The normalized spacial score (nSPS) is 13.6. The van der Waals surface area contributed by atoms with Crippen LogP contribution in [0.4, 0.5) is 0 Å². The molecule has 11 heavy (non-hydrogen) atoms. The summed E-state index contributed by atoms with van der Waals surface area (Å²) in [6.45, 7) is 11.1. The van der Waals surface area contributed by atoms with Crippen molar-refractivity contribution in [3.05, 3.63) is 11.8 Å². The number of hydrogen-bond acceptors (Lipinski definition) is 1. The lowest BCUT2D eigenvalue weighted by molar-refractivity contribution is 0.337. The molecule has 0 aliphatic rings. The third kappa shape index (κ3) is 2.96. The van der Waals surface area contributed by atoms with Gasteiger partial charge in [-0.05, 0) is 30.9 Å². The maximum absolute atomic E-state index is 5.49. The molecule has 0 amide bonds. The fourth-order valence-electron chi connectivity index (χ4n) is 1.93. The van der Waals surface area contributed by atoms with Crippen LogP contribution >= 0.6 is 0 Å². The zero-order chi connectivity index (χ0) is 9.02. The summed E-state index contributed by atoms with van der Waals surface area (Å²) >= 11 is 0. The van der Waals surface area contributed by atoms with Crippen LogP contribution in [0, 0.1) is 17.8 Å². The van der Waals surface area contributed by atoms with Gasteiger partial charge >= 0.3 is 0 Å². The Morgan fingerprint density at radius 3 is 1.55 bits per heavy atom. The van der Waals surface area contributed by atoms with Crippen molar-refractivity contribution >= 4 is 0 Å². The summed E-state index contributed by atoms with van der Waals surface area (Å²) in [5.41, 5.74) is 6.80. The third-order valence-corrected chi connectivity index (χ3v) is 2.23. The molecule has 0 atom stereocenters. The van der Waals surface area contributed by atoms with Crippen LogP contribution in [0.25, 0.3) is 0 Å². The Morgan fingerprint density at radius 2 is 1.45 bits per heavy atom. The minimum atomic E-state index is 0.639. The van der Waals surface area contributed by atoms with Gasteiger partial charge in [0, 0.05) is 0 Å². The summed E-state index contributed by atoms with van der Waals surface area (Å²) in [6.07, 6.45) is 1.74. The molecule has 0 rings (SSSR count). The third-order valence-electron chi connectivity index (χ3n) is 2.23. The van der Waals surface area contributed by atoms with Gasteiger partial charge in [0.05, 0.1) is 0 Å². The highest BCUT2D eigenvalue weighted by molar-refractivity contribution is 5.03. The fraction of sp³-hybridized carbons (Fsp3) is 0.800. The van der Waals surface area contributed by atoms with Crippen LogP contribution in [0.3, 0.4) is 0 Å². The van der Waals surface area contributed by atoms with Crippen LogP contribution in [0.15, 0.2) is 11.8 Å². The van der Waals surface area contributed by atoms with Crippen molar-refractivity contribution < 1.29 is 0 Å². The Labute approximate surface area is 70.7 Å². The van der Waals surface area contributed by atoms with E-state index in [-0.39, 0.29) is 0 Å². The summed E-state index contributed by atoms with van der Waals surface area (Å²) in [7, 11) is 0. The quantitative estimate of drug-likeness (QED) is 0.666. The summed E-state index contributed by atoms with van der Waals surface area (Å²) in [6, 6.07) is 0. The van der Waals surface area contributed by atoms with Gasteiger partial charge in [-0.3, -0.25) is 0 Å². The molecule has 66 valence electrons. The number of nitrogens with two attached hydrogens (primary N) is 1. The molecule has 0 aromatic heterocycles. The van der Waals surface area contributed by atoms with E-state index in [0.29, 0.717) is 17.8 Å². The van der Waals surface area contributed by atoms with E-state index in [2.05, 4.69) is 34.6 Å². The molecule has 0 saturated heterocycles. The zero-order valence-electron chi connectivity index (χ0n) is 8.39. The van der Waals surface area contributed by atoms with Crippen molar-refractivity contribution in [2.45, 2.75) is 34.6 Å². The first-order valence-electron chi connectivity index (χ1n) is 4.39. The molecule has 0 aliphatic heterocycles. The lowest BCUT2D eigenvalue weighted by atomic mass is 9.81. The molecule has 0 spiro atoms. The lowest BCUT2D eigenvalue weighted by Gasteiger charge is -2.25. The summed E-state index contributed by atoms with van der Waals surface area (Å²) in [5.74, 6) is 2.02. The van der Waals surface area contributed by atoms with Crippen LogP contribution in [-0.2, 0) is 0 Å². The monoisotopic (exact) mass is 155 g/mol. The average molecular weight is 155 g/mol. The van der Waals surface area contributed by atoms with Crippen molar-refractivity contribution in [1.29, 1.82) is 0 Å². The predicted octanol–water partition coefficient (Wildman–Crippen LogP) is 2.78. The van der Waals surface area contributed by atoms with E-state index >= 15 is 0 Å². The molecule has 0 radical (unpaired) electrons. The number of allylic oxidation sites excluding steroid dienone is 1. The Morgan fingerprint density at radius 1 is 1.09 bits per heavy atom. The van der Waals surface area contributed by atoms with E-state index in [1.54, 1.807) is 6.20 Å². The topological polar surface area (TPSA) is 26.0 Å². The van der Waals surface area contributed by atoms with Gasteiger partial charge in [-0.25, -0.2) is 0 Å². The Bertz CT molecular complexity index is 126. The molecule has 0 aliphatic carbocycles. The molecular weight excluding hydrogens is 134 g/mol. The van der Waals surface area contributed by atoms with Crippen LogP contribution in [0.2, 0.25) is 0 Å². The minimum absolute atomic E-state index is 0.639. The molecule has 2 N–H and O–H groups in total. The van der Waals surface area contributed by atoms with Gasteiger partial charge in [-0.1, -0.05) is 33.3 Å². The molecule has 0 aromatic rings. The summed E-state index contributed by atoms with van der Waals surface area (Å²) in [5, 5.41) is 0. The largest absolute Gasteiger partial charge is 0.405 e. The second-order valence-electron chi connectivity index (χ2n) is 3.92. The van der Waals surface area contributed by atoms with Crippen LogP contribution in [0.1, 0.15) is 34.6 Å². The first-order valence-corrected chi connectivity index (χ1v) is 4.39. The van der Waals surface area contributed by atoms with Crippen molar-refractivity contribution in [2.24, 2.45) is 23.5 Å². The highest BCUT2D eigenvalue weighted by Gasteiger charge is 2.18. The summed E-state index contributed by atoms with van der Waals surface area (Å²) < 4.78 is 0. The highest BCUT2D eigenvalue weighted by atomic mass is 14.5. The van der Waals surface area contributed by atoms with Gasteiger partial charge in [0.2, 0.25) is 0 Å². The van der Waals surface area contributed by atoms with Gasteiger partial charge in [0.15, 0.2) is 0 Å². The maximum Gasteiger partial charge on any atom is -0.00703 e. The maximum atomic E-state index is 5.49. The van der Waals surface area contributed by atoms with Crippen LogP contribution in [-0.4, -0.2) is 0 Å². The van der Waals surface area contributed by atoms with E-state index in [1.807, 2.05) is 0 Å². The van der Waals surface area contributed by atoms with Crippen molar-refractivity contribution in [1.82, 2.24) is 0 Å². The van der Waals surface area contributed by atoms with Gasteiger partial charge in [-0.2, -0.15) is 0 Å². The molecular formula is C10H21N. The smallest absolute Gasteiger partial charge is 0.00703 e. The fourth-order valence-corrected chi connectivity index (χ4v) is 1.93. The average Bonchev–Trinajstić information content (AvgIpc) is 1.85. The molecule has 0 fully saturated rings. The lowest BCUT2D eigenvalue weighted by Crippen LogP contribution is -2.17. The van der Waals surface area contributed by atoms with Gasteiger partial charge < -0.3 is 5.73 Å². The van der Waals surface area contributed by atoms with Crippen molar-refractivity contribution in [2.75, 3.05) is 0 Å². The minimum Gasteiger partial charge on any atom is -0.405 e. The Hall–Kier alpha value is -0.460. The highest BCUT2D eigenvalue weighted by Crippen LogP contribution is 2.27. The van der Waals surface area contributed by atoms with Crippen molar-refractivity contribution in [3.8, 4) is 0 Å². The summed E-state index contributed by atoms with van der Waals surface area (Å²) in [4.78, 5) is 0. The number of hydrogen-bond donors (Lipinski definition) is 1. The van der Waals surface area contributed by atoms with E-state index in [4.69, 9.17) is 5.73 Å².